The van der Waals surface area contributed by atoms with Crippen LogP contribution < -0.4 is 15.8 Å². The minimum atomic E-state index is -1.05. The summed E-state index contributed by atoms with van der Waals surface area (Å²) in [6, 6.07) is 12.6. The number of piperidine rings is 1. The Morgan fingerprint density at radius 2 is 1.76 bits per heavy atom. The fourth-order valence-electron chi connectivity index (χ4n) is 6.20. The second-order valence-electron chi connectivity index (χ2n) is 12.0. The molecule has 11 heteroatoms. The summed E-state index contributed by atoms with van der Waals surface area (Å²) in [6.45, 7) is 3.14. The van der Waals surface area contributed by atoms with E-state index < -0.39 is 5.60 Å². The summed E-state index contributed by atoms with van der Waals surface area (Å²) in [5.74, 6) is 1.37. The molecule has 1 aromatic carbocycles. The third-order valence-corrected chi connectivity index (χ3v) is 9.07. The molecule has 11 nitrogen and oxygen atoms in total. The lowest BCUT2D eigenvalue weighted by Crippen LogP contribution is -2.50. The van der Waals surface area contributed by atoms with E-state index in [-0.39, 0.29) is 23.9 Å². The highest BCUT2D eigenvalue weighted by Gasteiger charge is 2.39. The lowest BCUT2D eigenvalue weighted by molar-refractivity contribution is -0.137. The summed E-state index contributed by atoms with van der Waals surface area (Å²) in [7, 11) is 2.00. The van der Waals surface area contributed by atoms with Crippen molar-refractivity contribution >= 4 is 22.8 Å². The molecule has 0 radical (unpaired) electrons. The van der Waals surface area contributed by atoms with Crippen LogP contribution in [0.4, 0.5) is 5.82 Å². The average Bonchev–Trinajstić information content (AvgIpc) is 3.59. The maximum absolute atomic E-state index is 13.3. The molecule has 1 amide bonds. The van der Waals surface area contributed by atoms with Gasteiger partial charge in [0.2, 0.25) is 5.91 Å². The van der Waals surface area contributed by atoms with Gasteiger partial charge in [-0.3, -0.25) is 14.2 Å². The van der Waals surface area contributed by atoms with Crippen molar-refractivity contribution in [2.75, 3.05) is 38.1 Å². The number of fused-ring (bicyclic) bond motifs is 1. The number of likely N-dealkylation sites (tertiary alicyclic amines) is 1. The van der Waals surface area contributed by atoms with Crippen LogP contribution in [0.1, 0.15) is 32.1 Å². The van der Waals surface area contributed by atoms with Gasteiger partial charge in [-0.2, -0.15) is 5.10 Å². The third-order valence-electron chi connectivity index (χ3n) is 9.07. The Bertz CT molecular complexity index is 1650. The lowest BCUT2D eigenvalue weighted by Gasteiger charge is -2.38. The summed E-state index contributed by atoms with van der Waals surface area (Å²) in [4.78, 5) is 39.1. The van der Waals surface area contributed by atoms with Crippen LogP contribution in [0.2, 0.25) is 0 Å². The van der Waals surface area contributed by atoms with E-state index in [0.717, 1.165) is 55.0 Å². The number of hydrogen-bond acceptors (Lipinski definition) is 8. The van der Waals surface area contributed by atoms with Crippen LogP contribution in [0.3, 0.4) is 0 Å². The van der Waals surface area contributed by atoms with Crippen molar-refractivity contribution in [1.29, 1.82) is 0 Å². The minimum absolute atomic E-state index is 0.140. The normalized spacial score (nSPS) is 20.4. The minimum Gasteiger partial charge on any atom is -0.388 e. The summed E-state index contributed by atoms with van der Waals surface area (Å²) in [5, 5.41) is 19.4. The van der Waals surface area contributed by atoms with Gasteiger partial charge in [-0.1, -0.05) is 12.1 Å². The molecule has 5 heterocycles. The Morgan fingerprint density at radius 1 is 1.00 bits per heavy atom. The topological polar surface area (TPSA) is 121 Å². The molecule has 2 aliphatic heterocycles. The molecule has 42 heavy (non-hydrogen) atoms. The maximum atomic E-state index is 13.3. The molecule has 1 unspecified atom stereocenters. The van der Waals surface area contributed by atoms with Crippen LogP contribution in [0.15, 0.2) is 59.9 Å². The number of nitrogens with zero attached hydrogens (tertiary/aromatic N) is 7. The van der Waals surface area contributed by atoms with E-state index in [1.54, 1.807) is 4.68 Å². The fourth-order valence-corrected chi connectivity index (χ4v) is 6.20. The summed E-state index contributed by atoms with van der Waals surface area (Å²) >= 11 is 0. The van der Waals surface area contributed by atoms with Gasteiger partial charge >= 0.3 is 0 Å². The van der Waals surface area contributed by atoms with Gasteiger partial charge < -0.3 is 20.2 Å². The molecule has 4 aromatic rings. The van der Waals surface area contributed by atoms with Gasteiger partial charge in [-0.05, 0) is 69.0 Å². The molecular formula is C31H36N8O3. The molecule has 7 rings (SSSR count). The second kappa shape index (κ2) is 10.6. The van der Waals surface area contributed by atoms with Crippen molar-refractivity contribution in [3.63, 3.8) is 0 Å². The highest BCUT2D eigenvalue weighted by Crippen LogP contribution is 2.33. The predicted octanol–water partition coefficient (Wildman–Crippen LogP) is 2.21. The number of anilines is 1. The molecule has 3 fully saturated rings. The summed E-state index contributed by atoms with van der Waals surface area (Å²) < 4.78 is 3.13. The van der Waals surface area contributed by atoms with E-state index in [2.05, 4.69) is 32.4 Å². The number of aromatic nitrogens is 5. The molecular weight excluding hydrogens is 532 g/mol. The Balaban J connectivity index is 1.05. The van der Waals surface area contributed by atoms with E-state index in [0.29, 0.717) is 43.0 Å². The molecule has 1 saturated carbocycles. The number of aliphatic hydroxyl groups is 1. The van der Waals surface area contributed by atoms with E-state index in [4.69, 9.17) is 4.98 Å². The molecule has 1 atom stereocenters. The monoisotopic (exact) mass is 568 g/mol. The van der Waals surface area contributed by atoms with Crippen molar-refractivity contribution in [1.82, 2.24) is 34.5 Å². The first-order valence-electron chi connectivity index (χ1n) is 14.8. The first-order chi connectivity index (χ1) is 20.4. The maximum Gasteiger partial charge on any atom is 0.264 e. The van der Waals surface area contributed by atoms with Crippen LogP contribution in [-0.2, 0) is 11.3 Å². The van der Waals surface area contributed by atoms with Crippen molar-refractivity contribution in [2.45, 2.75) is 50.3 Å². The Hall–Kier alpha value is -4.09. The van der Waals surface area contributed by atoms with Crippen molar-refractivity contribution in [2.24, 2.45) is 5.92 Å². The van der Waals surface area contributed by atoms with Gasteiger partial charge in [-0.25, -0.2) is 14.6 Å². The van der Waals surface area contributed by atoms with Gasteiger partial charge in [0.1, 0.15) is 17.5 Å². The Morgan fingerprint density at radius 3 is 2.43 bits per heavy atom. The zero-order valence-electron chi connectivity index (χ0n) is 23.8. The molecule has 2 N–H and O–H groups in total. The molecule has 0 spiro atoms. The first-order valence-corrected chi connectivity index (χ1v) is 14.8. The van der Waals surface area contributed by atoms with Crippen LogP contribution in [-0.4, -0.2) is 85.1 Å². The van der Waals surface area contributed by atoms with Crippen molar-refractivity contribution < 1.29 is 9.90 Å². The van der Waals surface area contributed by atoms with Crippen LogP contribution in [0.25, 0.3) is 27.8 Å². The number of hydrogen-bond donors (Lipinski definition) is 2. The van der Waals surface area contributed by atoms with Crippen LogP contribution in [0, 0.1) is 5.92 Å². The summed E-state index contributed by atoms with van der Waals surface area (Å²) in [6.07, 6.45) is 8.88. The zero-order chi connectivity index (χ0) is 28.8. The standard InChI is InChI=1S/C31H36N8O3/c1-32-24-10-13-37(18-24)27-9-6-23(16-33-27)21-4-7-25(8-5-21)39-28-26(17-35-39)30(41)38(20-34-28)19-31(42)11-14-36(15-12-31)29(40)22-2-3-22/h4-9,16-17,20,22,24,32,42H,2-3,10-15,18-19H2,1H3. The summed E-state index contributed by atoms with van der Waals surface area (Å²) in [5.41, 5.74) is 2.04. The van der Waals surface area contributed by atoms with Gasteiger partial charge in [0.05, 0.1) is 24.0 Å². The molecule has 1 aliphatic carbocycles. The van der Waals surface area contributed by atoms with Crippen molar-refractivity contribution in [3.8, 4) is 16.8 Å². The van der Waals surface area contributed by atoms with Crippen molar-refractivity contribution in [3.05, 3.63) is 65.5 Å². The molecule has 0 bridgehead atoms. The molecule has 2 saturated heterocycles. The Labute approximate surface area is 243 Å². The van der Waals surface area contributed by atoms with Gasteiger partial charge in [-0.15, -0.1) is 0 Å². The van der Waals surface area contributed by atoms with Gasteiger partial charge in [0.15, 0.2) is 5.65 Å². The third kappa shape index (κ3) is 5.07. The van der Waals surface area contributed by atoms with E-state index >= 15 is 0 Å². The van der Waals surface area contributed by atoms with Crippen LogP contribution >= 0.6 is 0 Å². The number of benzene rings is 1. The number of likely N-dealkylation sites (N-methyl/N-ethyl adjacent to an activating group) is 1. The fraction of sp³-hybridized carbons (Fsp3) is 0.452. The average molecular weight is 569 g/mol. The second-order valence-corrected chi connectivity index (χ2v) is 12.0. The SMILES string of the molecule is CNC1CCN(c2ccc(-c3ccc(-n4ncc5c(=O)n(CC6(O)CCN(C(=O)C7CC7)CC6)cnc54)cc3)cn2)C1. The molecule has 3 aromatic heterocycles. The van der Waals surface area contributed by atoms with E-state index in [1.165, 1.54) is 17.1 Å². The smallest absolute Gasteiger partial charge is 0.264 e. The van der Waals surface area contributed by atoms with Gasteiger partial charge in [0, 0.05) is 49.9 Å². The zero-order valence-corrected chi connectivity index (χ0v) is 23.8. The number of nitrogens with one attached hydrogen (secondary N) is 1. The number of pyridine rings is 1. The highest BCUT2D eigenvalue weighted by atomic mass is 16.3. The van der Waals surface area contributed by atoms with Crippen LogP contribution in [0.5, 0.6) is 0 Å². The lowest BCUT2D eigenvalue weighted by atomic mass is 9.91. The molecule has 3 aliphatic rings. The van der Waals surface area contributed by atoms with E-state index in [1.807, 2.05) is 42.4 Å². The highest BCUT2D eigenvalue weighted by molar-refractivity contribution is 5.81. The Kier molecular flexibility index (Phi) is 6.78. The number of amides is 1. The number of carbonyl (C=O) groups is 1. The molecule has 218 valence electrons. The van der Waals surface area contributed by atoms with E-state index in [9.17, 15) is 14.7 Å². The quantitative estimate of drug-likeness (QED) is 0.348. The number of carbonyl (C=O) groups excluding carboxylic acids is 1. The predicted molar refractivity (Wildman–Crippen MR) is 160 cm³/mol. The first kappa shape index (κ1) is 26.8. The number of rotatable bonds is 7. The largest absolute Gasteiger partial charge is 0.388 e. The van der Waals surface area contributed by atoms with Gasteiger partial charge in [0.25, 0.3) is 5.56 Å².